The van der Waals surface area contributed by atoms with Crippen LogP contribution in [0.5, 0.6) is 0 Å². The van der Waals surface area contributed by atoms with Crippen LogP contribution in [0.15, 0.2) is 5.38 Å². The van der Waals surface area contributed by atoms with Crippen molar-refractivity contribution in [2.75, 3.05) is 18.6 Å². The van der Waals surface area contributed by atoms with Gasteiger partial charge in [-0.3, -0.25) is 0 Å². The van der Waals surface area contributed by atoms with Crippen LogP contribution in [0.25, 0.3) is 0 Å². The summed E-state index contributed by atoms with van der Waals surface area (Å²) in [5.41, 5.74) is 1.23. The summed E-state index contributed by atoms with van der Waals surface area (Å²) in [6, 6.07) is 0.557. The molecule has 0 fully saturated rings. The number of thioether (sulfide) groups is 1. The summed E-state index contributed by atoms with van der Waals surface area (Å²) in [6.45, 7) is 4.26. The van der Waals surface area contributed by atoms with Crippen molar-refractivity contribution in [1.82, 2.24) is 10.3 Å². The van der Waals surface area contributed by atoms with Crippen molar-refractivity contribution in [3.8, 4) is 0 Å². The van der Waals surface area contributed by atoms with E-state index in [4.69, 9.17) is 0 Å². The molecular weight excluding hydrogens is 212 g/mol. The van der Waals surface area contributed by atoms with E-state index >= 15 is 0 Å². The van der Waals surface area contributed by atoms with Crippen molar-refractivity contribution >= 4 is 23.1 Å². The number of aryl methyl sites for hydroxylation is 1. The highest BCUT2D eigenvalue weighted by molar-refractivity contribution is 7.99. The van der Waals surface area contributed by atoms with Crippen LogP contribution in [-0.2, 0) is 6.42 Å². The molecule has 0 aliphatic heterocycles. The molecule has 0 saturated carbocycles. The Balaban J connectivity index is 2.40. The number of likely N-dealkylation sites (N-methyl/N-ethyl adjacent to an activating group) is 1. The Bertz CT molecular complexity index is 260. The molecule has 1 atom stereocenters. The molecule has 0 aliphatic rings. The van der Waals surface area contributed by atoms with Gasteiger partial charge in [-0.05, 0) is 19.7 Å². The van der Waals surface area contributed by atoms with Crippen LogP contribution in [0.2, 0.25) is 0 Å². The van der Waals surface area contributed by atoms with Gasteiger partial charge in [0, 0.05) is 23.6 Å². The minimum Gasteiger partial charge on any atom is -0.316 e. The molecule has 0 saturated heterocycles. The van der Waals surface area contributed by atoms with E-state index in [1.165, 1.54) is 17.2 Å². The topological polar surface area (TPSA) is 24.9 Å². The van der Waals surface area contributed by atoms with Gasteiger partial charge in [-0.15, -0.1) is 11.3 Å². The lowest BCUT2D eigenvalue weighted by Crippen LogP contribution is -2.30. The van der Waals surface area contributed by atoms with E-state index in [0.29, 0.717) is 6.04 Å². The summed E-state index contributed by atoms with van der Waals surface area (Å²) in [5.74, 6) is 2.36. The lowest BCUT2D eigenvalue weighted by molar-refractivity contribution is 0.610. The van der Waals surface area contributed by atoms with E-state index in [-0.39, 0.29) is 0 Å². The second kappa shape index (κ2) is 6.43. The summed E-state index contributed by atoms with van der Waals surface area (Å²) in [5, 5.41) is 6.67. The Morgan fingerprint density at radius 3 is 2.93 bits per heavy atom. The fourth-order valence-electron chi connectivity index (χ4n) is 1.26. The van der Waals surface area contributed by atoms with E-state index in [2.05, 4.69) is 29.5 Å². The van der Waals surface area contributed by atoms with Crippen LogP contribution in [0, 0.1) is 6.92 Å². The van der Waals surface area contributed by atoms with Gasteiger partial charge in [0.15, 0.2) is 0 Å². The molecule has 0 aliphatic carbocycles. The molecule has 14 heavy (non-hydrogen) atoms. The Morgan fingerprint density at radius 2 is 2.43 bits per heavy atom. The number of hydrogen-bond acceptors (Lipinski definition) is 4. The van der Waals surface area contributed by atoms with Crippen LogP contribution in [0.4, 0.5) is 0 Å². The average molecular weight is 230 g/mol. The maximum absolute atomic E-state index is 4.48. The molecule has 1 aromatic rings. The zero-order valence-corrected chi connectivity index (χ0v) is 10.7. The molecule has 0 bridgehead atoms. The van der Waals surface area contributed by atoms with Gasteiger partial charge in [0.1, 0.15) is 0 Å². The Hall–Kier alpha value is -0.0600. The molecule has 4 heteroatoms. The Labute approximate surface area is 94.5 Å². The first kappa shape index (κ1) is 12.0. The van der Waals surface area contributed by atoms with Crippen molar-refractivity contribution in [3.63, 3.8) is 0 Å². The summed E-state index contributed by atoms with van der Waals surface area (Å²) < 4.78 is 0. The van der Waals surface area contributed by atoms with E-state index in [1.807, 2.05) is 18.8 Å². The quantitative estimate of drug-likeness (QED) is 0.812. The van der Waals surface area contributed by atoms with Crippen LogP contribution >= 0.6 is 23.1 Å². The Kier molecular flexibility index (Phi) is 5.52. The number of aromatic nitrogens is 1. The van der Waals surface area contributed by atoms with E-state index in [0.717, 1.165) is 11.4 Å². The highest BCUT2D eigenvalue weighted by Gasteiger charge is 2.08. The Morgan fingerprint density at radius 1 is 1.64 bits per heavy atom. The van der Waals surface area contributed by atoms with Gasteiger partial charge in [-0.2, -0.15) is 11.8 Å². The molecule has 0 radical (unpaired) electrons. The minimum absolute atomic E-state index is 0.557. The van der Waals surface area contributed by atoms with Gasteiger partial charge in [0.2, 0.25) is 0 Å². The highest BCUT2D eigenvalue weighted by atomic mass is 32.2. The van der Waals surface area contributed by atoms with Gasteiger partial charge in [0.25, 0.3) is 0 Å². The first-order chi connectivity index (χ1) is 6.76. The molecular formula is C10H18N2S2. The lowest BCUT2D eigenvalue weighted by Gasteiger charge is -2.13. The first-order valence-electron chi connectivity index (χ1n) is 4.92. The second-order valence-electron chi connectivity index (χ2n) is 3.21. The summed E-state index contributed by atoms with van der Waals surface area (Å²) in [7, 11) is 2.03. The normalized spacial score (nSPS) is 13.1. The molecule has 0 amide bonds. The molecule has 1 aromatic heterocycles. The highest BCUT2D eigenvalue weighted by Crippen LogP contribution is 2.12. The van der Waals surface area contributed by atoms with Crippen molar-refractivity contribution in [1.29, 1.82) is 0 Å². The van der Waals surface area contributed by atoms with Gasteiger partial charge in [0.05, 0.1) is 10.7 Å². The number of thiazole rings is 1. The molecule has 1 N–H and O–H groups in total. The molecule has 1 unspecified atom stereocenters. The smallest absolute Gasteiger partial charge is 0.0897 e. The predicted octanol–water partition coefficient (Wildman–Crippen LogP) is 2.34. The molecule has 0 aromatic carbocycles. The summed E-state index contributed by atoms with van der Waals surface area (Å²) >= 11 is 3.71. The van der Waals surface area contributed by atoms with E-state index < -0.39 is 0 Å². The standard InChI is InChI=1S/C10H18N2S2/c1-4-13-6-9(11-3)5-10-7-14-8(2)12-10/h7,9,11H,4-6H2,1-3H3. The molecule has 2 nitrogen and oxygen atoms in total. The third-order valence-electron chi connectivity index (χ3n) is 2.05. The van der Waals surface area contributed by atoms with Crippen LogP contribution < -0.4 is 5.32 Å². The van der Waals surface area contributed by atoms with Crippen molar-refractivity contribution in [2.24, 2.45) is 0 Å². The van der Waals surface area contributed by atoms with E-state index in [9.17, 15) is 0 Å². The zero-order valence-electron chi connectivity index (χ0n) is 9.04. The van der Waals surface area contributed by atoms with Gasteiger partial charge in [-0.1, -0.05) is 6.92 Å². The largest absolute Gasteiger partial charge is 0.316 e. The van der Waals surface area contributed by atoms with Crippen LogP contribution in [0.3, 0.4) is 0 Å². The average Bonchev–Trinajstić information content (AvgIpc) is 2.58. The lowest BCUT2D eigenvalue weighted by atomic mass is 10.2. The number of nitrogens with one attached hydrogen (secondary N) is 1. The maximum Gasteiger partial charge on any atom is 0.0897 e. The van der Waals surface area contributed by atoms with E-state index in [1.54, 1.807) is 11.3 Å². The number of hydrogen-bond donors (Lipinski definition) is 1. The zero-order chi connectivity index (χ0) is 10.4. The predicted molar refractivity (Wildman–Crippen MR) is 66.4 cm³/mol. The molecule has 1 heterocycles. The monoisotopic (exact) mass is 230 g/mol. The number of nitrogens with zero attached hydrogens (tertiary/aromatic N) is 1. The van der Waals surface area contributed by atoms with Gasteiger partial charge in [-0.25, -0.2) is 4.98 Å². The second-order valence-corrected chi connectivity index (χ2v) is 5.59. The van der Waals surface area contributed by atoms with Gasteiger partial charge < -0.3 is 5.32 Å². The molecule has 0 spiro atoms. The summed E-state index contributed by atoms with van der Waals surface area (Å²) in [4.78, 5) is 4.48. The minimum atomic E-state index is 0.557. The third-order valence-corrected chi connectivity index (χ3v) is 3.92. The van der Waals surface area contributed by atoms with Crippen LogP contribution in [0.1, 0.15) is 17.6 Å². The third kappa shape index (κ3) is 3.98. The SMILES string of the molecule is CCSCC(Cc1csc(C)n1)NC. The maximum atomic E-state index is 4.48. The fraction of sp³-hybridized carbons (Fsp3) is 0.700. The van der Waals surface area contributed by atoms with Gasteiger partial charge >= 0.3 is 0 Å². The number of rotatable bonds is 6. The van der Waals surface area contributed by atoms with Crippen molar-refractivity contribution in [3.05, 3.63) is 16.1 Å². The molecule has 1 rings (SSSR count). The molecule has 80 valence electrons. The summed E-state index contributed by atoms with van der Waals surface area (Å²) in [6.07, 6.45) is 1.05. The van der Waals surface area contributed by atoms with Crippen LogP contribution in [-0.4, -0.2) is 29.6 Å². The first-order valence-corrected chi connectivity index (χ1v) is 6.95. The van der Waals surface area contributed by atoms with Crippen molar-refractivity contribution < 1.29 is 0 Å². The van der Waals surface area contributed by atoms with Crippen molar-refractivity contribution in [2.45, 2.75) is 26.3 Å². The fourth-order valence-corrected chi connectivity index (χ4v) is 2.69.